The van der Waals surface area contributed by atoms with E-state index in [0.717, 1.165) is 30.4 Å². The fourth-order valence-corrected chi connectivity index (χ4v) is 4.85. The minimum Gasteiger partial charge on any atom is -0.347 e. The molecule has 3 aliphatic rings. The van der Waals surface area contributed by atoms with E-state index in [1.807, 2.05) is 0 Å². The van der Waals surface area contributed by atoms with Crippen LogP contribution in [0, 0.1) is 0 Å². The summed E-state index contributed by atoms with van der Waals surface area (Å²) in [5.41, 5.74) is 1.11. The lowest BCUT2D eigenvalue weighted by Crippen LogP contribution is -2.83. The quantitative estimate of drug-likeness (QED) is 0.487. The van der Waals surface area contributed by atoms with Crippen LogP contribution in [0.1, 0.15) is 30.4 Å². The van der Waals surface area contributed by atoms with Gasteiger partial charge in [-0.3, -0.25) is 9.59 Å². The molecule has 0 atom stereocenters. The Morgan fingerprint density at radius 3 is 1.42 bits per heavy atom. The summed E-state index contributed by atoms with van der Waals surface area (Å²) in [6.45, 7) is 0. The molecule has 0 aliphatic heterocycles. The predicted molar refractivity (Wildman–Crippen MR) is 127 cm³/mol. The minimum absolute atomic E-state index is 0.176. The van der Waals surface area contributed by atoms with E-state index in [9.17, 15) is 9.59 Å². The molecule has 0 saturated heterocycles. The van der Waals surface area contributed by atoms with Crippen molar-refractivity contribution in [1.29, 1.82) is 0 Å². The lowest BCUT2D eigenvalue weighted by molar-refractivity contribution is -0.144. The van der Waals surface area contributed by atoms with Crippen LogP contribution in [0.4, 0.5) is 0 Å². The average molecular weight is 496 g/mol. The number of halogens is 4. The van der Waals surface area contributed by atoms with Gasteiger partial charge in [0.15, 0.2) is 0 Å². The third kappa shape index (κ3) is 4.93. The van der Waals surface area contributed by atoms with E-state index in [-0.39, 0.29) is 22.9 Å². The number of carbonyl (C=O) groups excluding carboxylic acids is 2. The summed E-state index contributed by atoms with van der Waals surface area (Å²) >= 11 is 23.8. The van der Waals surface area contributed by atoms with Crippen molar-refractivity contribution in [2.24, 2.45) is 0 Å². The zero-order valence-electron chi connectivity index (χ0n) is 16.2. The number of carbonyl (C=O) groups is 2. The van der Waals surface area contributed by atoms with E-state index in [0.29, 0.717) is 20.1 Å². The van der Waals surface area contributed by atoms with Crippen LogP contribution < -0.4 is 10.6 Å². The van der Waals surface area contributed by atoms with Gasteiger partial charge < -0.3 is 10.6 Å². The Balaban J connectivity index is 1.25. The van der Waals surface area contributed by atoms with Gasteiger partial charge in [0, 0.05) is 23.2 Å². The molecule has 8 heteroatoms. The van der Waals surface area contributed by atoms with Crippen molar-refractivity contribution in [3.05, 3.63) is 79.8 Å². The van der Waals surface area contributed by atoms with Crippen molar-refractivity contribution in [3.63, 3.8) is 0 Å². The molecule has 160 valence electrons. The second kappa shape index (κ2) is 8.51. The highest BCUT2D eigenvalue weighted by Gasteiger charge is 2.69. The Kier molecular flexibility index (Phi) is 6.10. The lowest BCUT2D eigenvalue weighted by Gasteiger charge is -2.70. The Labute approximate surface area is 200 Å². The summed E-state index contributed by atoms with van der Waals surface area (Å²) in [5.74, 6) is -0.351. The lowest BCUT2D eigenvalue weighted by atomic mass is 9.44. The summed E-state index contributed by atoms with van der Waals surface area (Å²) in [6, 6.07) is 10.3. The van der Waals surface area contributed by atoms with Gasteiger partial charge in [0.05, 0.1) is 20.1 Å². The maximum absolute atomic E-state index is 12.3. The molecule has 2 N–H and O–H groups in total. The molecule has 0 aromatic heterocycles. The molecule has 2 amide bonds. The van der Waals surface area contributed by atoms with Crippen molar-refractivity contribution in [3.8, 4) is 0 Å². The zero-order chi connectivity index (χ0) is 22.2. The second-order valence-electron chi connectivity index (χ2n) is 8.08. The molecule has 31 heavy (non-hydrogen) atoms. The van der Waals surface area contributed by atoms with Gasteiger partial charge in [0.2, 0.25) is 11.8 Å². The highest BCUT2D eigenvalue weighted by Crippen LogP contribution is 2.60. The summed E-state index contributed by atoms with van der Waals surface area (Å²) in [7, 11) is 0. The number of nitrogens with one attached hydrogen (secondary N) is 2. The Bertz CT molecular complexity index is 1020. The predicted octanol–water partition coefficient (Wildman–Crippen LogP) is 5.93. The molecule has 2 aromatic carbocycles. The summed E-state index contributed by atoms with van der Waals surface area (Å²) in [5, 5.41) is 7.90. The van der Waals surface area contributed by atoms with Crippen LogP contribution in [0.2, 0.25) is 20.1 Å². The fraction of sp³-hybridized carbons (Fsp3) is 0.217. The molecular weight excluding hydrogens is 478 g/mol. The number of benzene rings is 2. The van der Waals surface area contributed by atoms with Crippen LogP contribution in [-0.2, 0) is 9.59 Å². The molecule has 0 heterocycles. The molecule has 2 aromatic rings. The van der Waals surface area contributed by atoms with Crippen LogP contribution in [0.3, 0.4) is 0 Å². The van der Waals surface area contributed by atoms with Crippen LogP contribution in [0.15, 0.2) is 48.6 Å². The van der Waals surface area contributed by atoms with Gasteiger partial charge in [-0.1, -0.05) is 58.5 Å². The third-order valence-corrected chi connectivity index (χ3v) is 7.03. The monoisotopic (exact) mass is 494 g/mol. The molecule has 0 radical (unpaired) electrons. The fourth-order valence-electron chi connectivity index (χ4n) is 4.24. The number of amides is 2. The molecule has 3 saturated carbocycles. The maximum Gasteiger partial charge on any atom is 0.244 e. The van der Waals surface area contributed by atoms with Crippen molar-refractivity contribution < 1.29 is 9.59 Å². The largest absolute Gasteiger partial charge is 0.347 e. The Morgan fingerprint density at radius 1 is 0.677 bits per heavy atom. The first-order chi connectivity index (χ1) is 14.7. The summed E-state index contributed by atoms with van der Waals surface area (Å²) in [4.78, 5) is 24.5. The van der Waals surface area contributed by atoms with Crippen LogP contribution in [0.5, 0.6) is 0 Å². The highest BCUT2D eigenvalue weighted by molar-refractivity contribution is 6.42. The molecule has 4 nitrogen and oxygen atoms in total. The molecule has 0 spiro atoms. The number of hydrogen-bond donors (Lipinski definition) is 2. The number of rotatable bonds is 6. The molecular formula is C23H18Cl4N2O2. The van der Waals surface area contributed by atoms with Crippen molar-refractivity contribution in [2.45, 2.75) is 30.3 Å². The van der Waals surface area contributed by atoms with Gasteiger partial charge in [0.25, 0.3) is 0 Å². The van der Waals surface area contributed by atoms with E-state index in [2.05, 4.69) is 10.6 Å². The molecule has 3 fully saturated rings. The zero-order valence-corrected chi connectivity index (χ0v) is 19.2. The summed E-state index contributed by atoms with van der Waals surface area (Å²) in [6.07, 6.45) is 8.50. The first-order valence-corrected chi connectivity index (χ1v) is 11.1. The van der Waals surface area contributed by atoms with Crippen molar-refractivity contribution >= 4 is 70.4 Å². The normalized spacial score (nSPS) is 24.0. The molecule has 0 unspecified atom stereocenters. The molecule has 3 aliphatic carbocycles. The van der Waals surface area contributed by atoms with E-state index in [1.54, 1.807) is 48.6 Å². The van der Waals surface area contributed by atoms with Crippen LogP contribution in [-0.4, -0.2) is 22.9 Å². The SMILES string of the molecule is O=C(/C=C/c1ccc(Cl)c(Cl)c1)NC12CC(NC(=O)/C=C/c3ccc(Cl)c(Cl)c3)(C1)C2. The van der Waals surface area contributed by atoms with E-state index < -0.39 is 0 Å². The van der Waals surface area contributed by atoms with Crippen molar-refractivity contribution in [1.82, 2.24) is 10.6 Å². The molecule has 5 rings (SSSR count). The first kappa shape index (κ1) is 22.2. The number of hydrogen-bond acceptors (Lipinski definition) is 2. The van der Waals surface area contributed by atoms with Crippen molar-refractivity contribution in [2.75, 3.05) is 0 Å². The first-order valence-electron chi connectivity index (χ1n) is 9.58. The smallest absolute Gasteiger partial charge is 0.244 e. The van der Waals surface area contributed by atoms with Crippen LogP contribution >= 0.6 is 46.4 Å². The molecule has 2 bridgehead atoms. The van der Waals surface area contributed by atoms with E-state index in [1.165, 1.54) is 12.2 Å². The second-order valence-corrected chi connectivity index (χ2v) is 9.71. The van der Waals surface area contributed by atoms with Crippen LogP contribution in [0.25, 0.3) is 12.2 Å². The van der Waals surface area contributed by atoms with Gasteiger partial charge in [-0.05, 0) is 66.8 Å². The van der Waals surface area contributed by atoms with Gasteiger partial charge >= 0.3 is 0 Å². The summed E-state index contributed by atoms with van der Waals surface area (Å²) < 4.78 is 0. The maximum atomic E-state index is 12.3. The Hall–Kier alpha value is -1.98. The third-order valence-electron chi connectivity index (χ3n) is 5.55. The topological polar surface area (TPSA) is 58.2 Å². The van der Waals surface area contributed by atoms with Gasteiger partial charge in [0.1, 0.15) is 0 Å². The highest BCUT2D eigenvalue weighted by atomic mass is 35.5. The Morgan fingerprint density at radius 2 is 1.06 bits per heavy atom. The van der Waals surface area contributed by atoms with E-state index >= 15 is 0 Å². The standard InChI is InChI=1S/C23H18Cl4N2O2/c24-16-5-1-14(9-18(16)26)3-7-20(30)28-22-11-23(12-22,13-22)29-21(31)8-4-15-2-6-17(25)19(27)10-15/h1-10H,11-13H2,(H,28,30)(H,29,31)/b7-3+,8-4+. The van der Waals surface area contributed by atoms with Gasteiger partial charge in [-0.15, -0.1) is 0 Å². The van der Waals surface area contributed by atoms with Gasteiger partial charge in [-0.2, -0.15) is 0 Å². The van der Waals surface area contributed by atoms with Gasteiger partial charge in [-0.25, -0.2) is 0 Å². The minimum atomic E-state index is -0.236. The van der Waals surface area contributed by atoms with E-state index in [4.69, 9.17) is 46.4 Å². The average Bonchev–Trinajstić information content (AvgIpc) is 2.67.